The molecule has 0 aliphatic heterocycles. The fourth-order valence-corrected chi connectivity index (χ4v) is 1.96. The topological polar surface area (TPSA) is 66.6 Å². The minimum Gasteiger partial charge on any atom is -0.398 e. The highest BCUT2D eigenvalue weighted by Crippen LogP contribution is 2.20. The summed E-state index contributed by atoms with van der Waals surface area (Å²) in [5.41, 5.74) is 6.72. The summed E-state index contributed by atoms with van der Waals surface area (Å²) in [6.45, 7) is 4.07. The second-order valence-electron chi connectivity index (χ2n) is 4.05. The fourth-order valence-electron chi connectivity index (χ4n) is 1.59. The molecule has 0 saturated carbocycles. The molecule has 0 aliphatic rings. The van der Waals surface area contributed by atoms with Crippen molar-refractivity contribution in [3.8, 4) is 0 Å². The second kappa shape index (κ2) is 6.02. The number of amides is 1. The van der Waals surface area contributed by atoms with Crippen molar-refractivity contribution in [1.82, 2.24) is 4.90 Å². The summed E-state index contributed by atoms with van der Waals surface area (Å²) in [6, 6.07) is 5.19. The first-order valence-electron chi connectivity index (χ1n) is 5.44. The Bertz CT molecular complexity index is 407. The molecule has 0 bridgehead atoms. The minimum atomic E-state index is -0.154. The first-order valence-corrected chi connectivity index (χ1v) is 6.23. The predicted molar refractivity (Wildman–Crippen MR) is 71.8 cm³/mol. The van der Waals surface area contributed by atoms with Crippen LogP contribution in [0.2, 0.25) is 0 Å². The van der Waals surface area contributed by atoms with Gasteiger partial charge in [-0.2, -0.15) is 0 Å². The van der Waals surface area contributed by atoms with Crippen molar-refractivity contribution in [2.75, 3.05) is 18.9 Å². The lowest BCUT2D eigenvalue weighted by atomic mass is 10.1. The molecule has 0 aliphatic carbocycles. The molecule has 17 heavy (non-hydrogen) atoms. The number of hydrogen-bond acceptors (Lipinski definition) is 3. The van der Waals surface area contributed by atoms with Gasteiger partial charge < -0.3 is 15.7 Å². The third-order valence-electron chi connectivity index (χ3n) is 2.47. The summed E-state index contributed by atoms with van der Waals surface area (Å²) in [7, 11) is 0. The summed E-state index contributed by atoms with van der Waals surface area (Å²) >= 11 is 3.30. The van der Waals surface area contributed by atoms with E-state index >= 15 is 0 Å². The Morgan fingerprint density at radius 3 is 2.65 bits per heavy atom. The predicted octanol–water partition coefficient (Wildman–Crippen LogP) is 1.87. The molecule has 0 unspecified atom stereocenters. The lowest BCUT2D eigenvalue weighted by Gasteiger charge is -2.26. The number of benzene rings is 1. The highest BCUT2D eigenvalue weighted by Gasteiger charge is 2.20. The summed E-state index contributed by atoms with van der Waals surface area (Å²) in [5, 5.41) is 8.96. The number of anilines is 1. The zero-order chi connectivity index (χ0) is 13.0. The number of carbonyl (C=O) groups excluding carboxylic acids is 1. The van der Waals surface area contributed by atoms with Crippen LogP contribution >= 0.6 is 15.9 Å². The zero-order valence-electron chi connectivity index (χ0n) is 9.98. The maximum atomic E-state index is 12.2. The Kier molecular flexibility index (Phi) is 4.96. The van der Waals surface area contributed by atoms with Gasteiger partial charge in [-0.25, -0.2) is 0 Å². The van der Waals surface area contributed by atoms with Crippen molar-refractivity contribution in [3.63, 3.8) is 0 Å². The standard InChI is InChI=1S/C12H17BrN2O2/c1-8(2)15(5-6-16)12(17)10-4-3-9(13)7-11(10)14/h3-4,7-8,16H,5-6,14H2,1-2H3. The number of carbonyl (C=O) groups is 1. The maximum absolute atomic E-state index is 12.2. The van der Waals surface area contributed by atoms with Crippen LogP contribution in [0.4, 0.5) is 5.69 Å². The van der Waals surface area contributed by atoms with Crippen molar-refractivity contribution >= 4 is 27.5 Å². The number of aliphatic hydroxyl groups excluding tert-OH is 1. The van der Waals surface area contributed by atoms with E-state index in [2.05, 4.69) is 15.9 Å². The van der Waals surface area contributed by atoms with Gasteiger partial charge in [-0.15, -0.1) is 0 Å². The van der Waals surface area contributed by atoms with Crippen molar-refractivity contribution in [2.24, 2.45) is 0 Å². The molecule has 1 aromatic rings. The van der Waals surface area contributed by atoms with Crippen LogP contribution in [-0.2, 0) is 0 Å². The Balaban J connectivity index is 3.01. The van der Waals surface area contributed by atoms with E-state index in [4.69, 9.17) is 10.8 Å². The van der Waals surface area contributed by atoms with Crippen LogP contribution in [0.5, 0.6) is 0 Å². The summed E-state index contributed by atoms with van der Waals surface area (Å²) in [4.78, 5) is 13.8. The van der Waals surface area contributed by atoms with Gasteiger partial charge in [0, 0.05) is 22.7 Å². The Labute approximate surface area is 110 Å². The van der Waals surface area contributed by atoms with Crippen LogP contribution in [-0.4, -0.2) is 35.1 Å². The van der Waals surface area contributed by atoms with Gasteiger partial charge in [0.1, 0.15) is 0 Å². The summed E-state index contributed by atoms with van der Waals surface area (Å²) < 4.78 is 0.838. The molecule has 0 aromatic heterocycles. The van der Waals surface area contributed by atoms with Gasteiger partial charge in [0.15, 0.2) is 0 Å². The van der Waals surface area contributed by atoms with E-state index in [1.54, 1.807) is 23.1 Å². The number of nitrogens with zero attached hydrogens (tertiary/aromatic N) is 1. The Morgan fingerprint density at radius 2 is 2.18 bits per heavy atom. The number of nitrogen functional groups attached to an aromatic ring is 1. The zero-order valence-corrected chi connectivity index (χ0v) is 11.6. The van der Waals surface area contributed by atoms with E-state index in [0.717, 1.165) is 4.47 Å². The van der Waals surface area contributed by atoms with Crippen LogP contribution < -0.4 is 5.73 Å². The fraction of sp³-hybridized carbons (Fsp3) is 0.417. The highest BCUT2D eigenvalue weighted by atomic mass is 79.9. The van der Waals surface area contributed by atoms with Crippen LogP contribution in [0.1, 0.15) is 24.2 Å². The van der Waals surface area contributed by atoms with E-state index in [1.165, 1.54) is 0 Å². The minimum absolute atomic E-state index is 0.0256. The molecule has 0 heterocycles. The molecular weight excluding hydrogens is 284 g/mol. The lowest BCUT2D eigenvalue weighted by molar-refractivity contribution is 0.0666. The van der Waals surface area contributed by atoms with E-state index in [-0.39, 0.29) is 18.6 Å². The molecule has 3 N–H and O–H groups in total. The lowest BCUT2D eigenvalue weighted by Crippen LogP contribution is -2.39. The molecule has 1 rings (SSSR count). The third-order valence-corrected chi connectivity index (χ3v) is 2.96. The number of rotatable bonds is 4. The van der Waals surface area contributed by atoms with Crippen molar-refractivity contribution in [1.29, 1.82) is 0 Å². The third kappa shape index (κ3) is 3.44. The van der Waals surface area contributed by atoms with Crippen molar-refractivity contribution in [2.45, 2.75) is 19.9 Å². The molecule has 0 fully saturated rings. The van der Waals surface area contributed by atoms with Crippen LogP contribution in [0.3, 0.4) is 0 Å². The Morgan fingerprint density at radius 1 is 1.53 bits per heavy atom. The number of nitrogens with two attached hydrogens (primary N) is 1. The van der Waals surface area contributed by atoms with E-state index in [1.807, 2.05) is 13.8 Å². The molecule has 1 aromatic carbocycles. The average Bonchev–Trinajstić information content (AvgIpc) is 2.24. The normalized spacial score (nSPS) is 10.6. The van der Waals surface area contributed by atoms with Gasteiger partial charge >= 0.3 is 0 Å². The van der Waals surface area contributed by atoms with Crippen LogP contribution in [0, 0.1) is 0 Å². The van der Waals surface area contributed by atoms with Crippen molar-refractivity contribution in [3.05, 3.63) is 28.2 Å². The summed E-state index contributed by atoms with van der Waals surface area (Å²) in [6.07, 6.45) is 0. The number of halogens is 1. The molecular formula is C12H17BrN2O2. The molecule has 94 valence electrons. The van der Waals surface area contributed by atoms with Gasteiger partial charge in [0.05, 0.1) is 12.2 Å². The molecule has 0 spiro atoms. The van der Waals surface area contributed by atoms with Gasteiger partial charge in [-0.1, -0.05) is 15.9 Å². The van der Waals surface area contributed by atoms with E-state index in [9.17, 15) is 4.79 Å². The van der Waals surface area contributed by atoms with Gasteiger partial charge in [0.2, 0.25) is 0 Å². The molecule has 0 atom stereocenters. The van der Waals surface area contributed by atoms with Gasteiger partial charge in [-0.05, 0) is 32.0 Å². The van der Waals surface area contributed by atoms with Gasteiger partial charge in [-0.3, -0.25) is 4.79 Å². The molecule has 5 heteroatoms. The largest absolute Gasteiger partial charge is 0.398 e. The molecule has 4 nitrogen and oxygen atoms in total. The molecule has 1 amide bonds. The first kappa shape index (κ1) is 14.0. The Hall–Kier alpha value is -1.07. The highest BCUT2D eigenvalue weighted by molar-refractivity contribution is 9.10. The maximum Gasteiger partial charge on any atom is 0.256 e. The molecule has 0 radical (unpaired) electrons. The molecule has 0 saturated heterocycles. The monoisotopic (exact) mass is 300 g/mol. The van der Waals surface area contributed by atoms with E-state index < -0.39 is 0 Å². The number of hydrogen-bond donors (Lipinski definition) is 2. The van der Waals surface area contributed by atoms with E-state index in [0.29, 0.717) is 17.8 Å². The smallest absolute Gasteiger partial charge is 0.256 e. The quantitative estimate of drug-likeness (QED) is 0.834. The number of aliphatic hydroxyl groups is 1. The van der Waals surface area contributed by atoms with Crippen LogP contribution in [0.15, 0.2) is 22.7 Å². The average molecular weight is 301 g/mol. The van der Waals surface area contributed by atoms with Crippen LogP contribution in [0.25, 0.3) is 0 Å². The van der Waals surface area contributed by atoms with Crippen molar-refractivity contribution < 1.29 is 9.90 Å². The first-order chi connectivity index (χ1) is 7.97. The summed E-state index contributed by atoms with van der Waals surface area (Å²) in [5.74, 6) is -0.154. The SMILES string of the molecule is CC(C)N(CCO)C(=O)c1ccc(Br)cc1N. The van der Waals surface area contributed by atoms with Gasteiger partial charge in [0.25, 0.3) is 5.91 Å². The second-order valence-corrected chi connectivity index (χ2v) is 4.96.